The van der Waals surface area contributed by atoms with Gasteiger partial charge in [0, 0.05) is 40.8 Å². The molecule has 33 valence electrons. The van der Waals surface area contributed by atoms with Crippen molar-refractivity contribution in [2.45, 2.75) is 0 Å². The first kappa shape index (κ1) is 10.4. The molecule has 2 N–H and O–H groups in total. The fourth-order valence-corrected chi connectivity index (χ4v) is 0. The third-order valence-corrected chi connectivity index (χ3v) is 0. The normalized spacial score (nSPS) is 9.83. The van der Waals surface area contributed by atoms with E-state index in [1.807, 2.05) is 0 Å². The van der Waals surface area contributed by atoms with Crippen molar-refractivity contribution >= 4 is 47.7 Å². The fraction of sp³-hybridized carbons (Fsp3) is 0. The molecule has 0 aromatic heterocycles. The van der Waals surface area contributed by atoms with E-state index in [1.165, 1.54) is 0 Å². The molecular formula is H2ClNaO3P. The van der Waals surface area contributed by atoms with Crippen LogP contribution in [0.25, 0.3) is 0 Å². The Morgan fingerprint density at radius 1 is 1.50 bits per heavy atom. The Labute approximate surface area is 61.9 Å². The topological polar surface area (TPSA) is 57.5 Å². The van der Waals surface area contributed by atoms with Crippen LogP contribution in [-0.4, -0.2) is 39.3 Å². The summed E-state index contributed by atoms with van der Waals surface area (Å²) in [6.07, 6.45) is 0. The molecule has 0 unspecified atom stereocenters. The van der Waals surface area contributed by atoms with Crippen molar-refractivity contribution in [2.75, 3.05) is 0 Å². The van der Waals surface area contributed by atoms with E-state index in [9.17, 15) is 0 Å². The zero-order chi connectivity index (χ0) is 4.50. The van der Waals surface area contributed by atoms with Gasteiger partial charge >= 0.3 is 6.95 Å². The summed E-state index contributed by atoms with van der Waals surface area (Å²) in [6, 6.07) is 0. The molecular weight excluding hydrogens is 137 g/mol. The van der Waals surface area contributed by atoms with Gasteiger partial charge in [0.25, 0.3) is 0 Å². The molecule has 1 radical (unpaired) electrons. The van der Waals surface area contributed by atoms with E-state index in [0.717, 1.165) is 0 Å². The predicted octanol–water partition coefficient (Wildman–Crippen LogP) is -0.0629. The SMILES string of the molecule is O=P(O)(O)Cl.[Na]. The van der Waals surface area contributed by atoms with Crippen molar-refractivity contribution in [3.8, 4) is 0 Å². The first-order valence-electron chi connectivity index (χ1n) is 0.752. The Morgan fingerprint density at radius 2 is 1.50 bits per heavy atom. The molecule has 0 saturated heterocycles. The van der Waals surface area contributed by atoms with Crippen LogP contribution in [0.3, 0.4) is 0 Å². The summed E-state index contributed by atoms with van der Waals surface area (Å²) in [5.41, 5.74) is 0. The maximum atomic E-state index is 9.09. The molecule has 6 heteroatoms. The third-order valence-electron chi connectivity index (χ3n) is 0. The zero-order valence-corrected chi connectivity index (χ0v) is 6.78. The maximum Gasteiger partial charge on any atom is 0.419 e. The fourth-order valence-electron chi connectivity index (χ4n) is 0. The summed E-state index contributed by atoms with van der Waals surface area (Å²) in [4.78, 5) is 14.8. The van der Waals surface area contributed by atoms with Crippen LogP contribution < -0.4 is 0 Å². The van der Waals surface area contributed by atoms with Gasteiger partial charge in [0.05, 0.1) is 0 Å². The predicted molar refractivity (Wildman–Crippen MR) is 23.7 cm³/mol. The second kappa shape index (κ2) is 3.44. The monoisotopic (exact) mass is 139 g/mol. The average molecular weight is 139 g/mol. The molecule has 0 atom stereocenters. The number of hydrogen-bond acceptors (Lipinski definition) is 1. The molecule has 0 amide bonds. The molecule has 0 aliphatic carbocycles. The molecule has 0 aliphatic heterocycles. The van der Waals surface area contributed by atoms with Crippen LogP contribution in [0.2, 0.25) is 0 Å². The molecule has 6 heavy (non-hydrogen) atoms. The molecule has 0 bridgehead atoms. The minimum atomic E-state index is -4.17. The molecule has 0 heterocycles. The minimum Gasteiger partial charge on any atom is -0.313 e. The summed E-state index contributed by atoms with van der Waals surface area (Å²) in [6.45, 7) is -4.17. The molecule has 0 aromatic carbocycles. The second-order valence-electron chi connectivity index (χ2n) is 0.473. The van der Waals surface area contributed by atoms with Crippen molar-refractivity contribution < 1.29 is 14.4 Å². The van der Waals surface area contributed by atoms with E-state index in [-0.39, 0.29) is 29.6 Å². The van der Waals surface area contributed by atoms with Crippen molar-refractivity contribution in [1.82, 2.24) is 0 Å². The summed E-state index contributed by atoms with van der Waals surface area (Å²) < 4.78 is 9.09. The number of hydrogen-bond donors (Lipinski definition) is 2. The van der Waals surface area contributed by atoms with E-state index >= 15 is 0 Å². The van der Waals surface area contributed by atoms with Gasteiger partial charge < -0.3 is 9.79 Å². The van der Waals surface area contributed by atoms with Gasteiger partial charge in [-0.15, -0.1) is 0 Å². The van der Waals surface area contributed by atoms with Crippen LogP contribution in [0.15, 0.2) is 0 Å². The second-order valence-corrected chi connectivity index (χ2v) is 2.74. The van der Waals surface area contributed by atoms with E-state index < -0.39 is 6.95 Å². The van der Waals surface area contributed by atoms with Crippen molar-refractivity contribution in [1.29, 1.82) is 0 Å². The molecule has 0 aromatic rings. The molecule has 0 rings (SSSR count). The van der Waals surface area contributed by atoms with Crippen LogP contribution >= 0.6 is 18.2 Å². The van der Waals surface area contributed by atoms with Crippen molar-refractivity contribution in [3.63, 3.8) is 0 Å². The van der Waals surface area contributed by atoms with Gasteiger partial charge in [0.1, 0.15) is 0 Å². The Kier molecular flexibility index (Phi) is 5.98. The van der Waals surface area contributed by atoms with Gasteiger partial charge in [0.15, 0.2) is 0 Å². The Balaban J connectivity index is 0. The summed E-state index contributed by atoms with van der Waals surface area (Å²) in [5, 5.41) is 0. The maximum absolute atomic E-state index is 9.09. The molecule has 0 saturated carbocycles. The summed E-state index contributed by atoms with van der Waals surface area (Å²) in [5.74, 6) is 0. The molecule has 3 nitrogen and oxygen atoms in total. The van der Waals surface area contributed by atoms with Crippen LogP contribution in [0, 0.1) is 0 Å². The quantitative estimate of drug-likeness (QED) is 0.365. The van der Waals surface area contributed by atoms with E-state index in [2.05, 4.69) is 11.2 Å². The first-order valence-corrected chi connectivity index (χ1v) is 3.27. The standard InChI is InChI=1S/ClH2O3P.Na/c1-5(2,3)4;/h(H2,2,3,4);. The third kappa shape index (κ3) is 51.7. The Bertz CT molecular complexity index is 56.9. The van der Waals surface area contributed by atoms with E-state index in [1.54, 1.807) is 0 Å². The van der Waals surface area contributed by atoms with Gasteiger partial charge in [0.2, 0.25) is 0 Å². The van der Waals surface area contributed by atoms with Crippen LogP contribution in [0.5, 0.6) is 0 Å². The molecule has 0 spiro atoms. The minimum absolute atomic E-state index is 0. The van der Waals surface area contributed by atoms with Gasteiger partial charge in [-0.2, -0.15) is 0 Å². The number of rotatable bonds is 0. The van der Waals surface area contributed by atoms with E-state index in [0.29, 0.717) is 0 Å². The van der Waals surface area contributed by atoms with Crippen LogP contribution in [0.4, 0.5) is 0 Å². The van der Waals surface area contributed by atoms with Gasteiger partial charge in [-0.3, -0.25) is 0 Å². The van der Waals surface area contributed by atoms with Gasteiger partial charge in [-0.25, -0.2) is 4.57 Å². The van der Waals surface area contributed by atoms with Gasteiger partial charge in [-0.05, 0) is 0 Å². The molecule has 0 fully saturated rings. The van der Waals surface area contributed by atoms with Gasteiger partial charge in [-0.1, -0.05) is 0 Å². The van der Waals surface area contributed by atoms with Crippen molar-refractivity contribution in [2.24, 2.45) is 0 Å². The van der Waals surface area contributed by atoms with Crippen molar-refractivity contribution in [3.05, 3.63) is 0 Å². The van der Waals surface area contributed by atoms with E-state index in [4.69, 9.17) is 14.4 Å². The number of halogens is 1. The largest absolute Gasteiger partial charge is 0.419 e. The average Bonchev–Trinajstić information content (AvgIpc) is 0.722. The molecule has 0 aliphatic rings. The Morgan fingerprint density at radius 3 is 1.50 bits per heavy atom. The van der Waals surface area contributed by atoms with Crippen LogP contribution in [-0.2, 0) is 4.57 Å². The van der Waals surface area contributed by atoms with Crippen LogP contribution in [0.1, 0.15) is 0 Å². The summed E-state index contributed by atoms with van der Waals surface area (Å²) in [7, 11) is 0. The zero-order valence-electron chi connectivity index (χ0n) is 3.13. The Hall–Kier alpha value is 1.44. The first-order chi connectivity index (χ1) is 2.00. The smallest absolute Gasteiger partial charge is 0.313 e. The summed E-state index contributed by atoms with van der Waals surface area (Å²) >= 11 is 4.20.